The number of nitrogen functional groups attached to an aromatic ring is 1. The third-order valence-corrected chi connectivity index (χ3v) is 2.81. The molecule has 1 aliphatic rings. The number of ether oxygens (including phenoxy) is 1. The first kappa shape index (κ1) is 12.7. The van der Waals surface area contributed by atoms with Crippen molar-refractivity contribution in [2.45, 2.75) is 24.6 Å². The van der Waals surface area contributed by atoms with Crippen LogP contribution in [0, 0.1) is 0 Å². The van der Waals surface area contributed by atoms with Gasteiger partial charge in [0.2, 0.25) is 0 Å². The average molecular weight is 260 g/mol. The number of aromatic nitrogens is 2. The van der Waals surface area contributed by atoms with Crippen molar-refractivity contribution in [3.63, 3.8) is 0 Å². The normalized spacial score (nSPS) is 31.7. The van der Waals surface area contributed by atoms with Crippen molar-refractivity contribution < 1.29 is 24.1 Å². The summed E-state index contributed by atoms with van der Waals surface area (Å²) in [5.74, 6) is -0.966. The molecule has 2 rings (SSSR count). The van der Waals surface area contributed by atoms with E-state index in [-0.39, 0.29) is 11.5 Å². The van der Waals surface area contributed by atoms with Crippen LogP contribution in [0.4, 0.5) is 10.2 Å². The van der Waals surface area contributed by atoms with Crippen molar-refractivity contribution in [3.05, 3.63) is 12.0 Å². The maximum atomic E-state index is 13.5. The predicted molar refractivity (Wildman–Crippen MR) is 57.1 cm³/mol. The number of hydrogen-bond acceptors (Lipinski definition) is 6. The number of anilines is 1. The number of nitrogens with two attached hydrogens (primary N) is 2. The molecule has 0 aromatic carbocycles. The molecule has 1 aliphatic heterocycles. The first-order chi connectivity index (χ1) is 8.47. The Bertz CT molecular complexity index is 465. The summed E-state index contributed by atoms with van der Waals surface area (Å²) in [5.41, 5.74) is 10.4. The van der Waals surface area contributed by atoms with Crippen LogP contribution in [0.15, 0.2) is 6.33 Å². The summed E-state index contributed by atoms with van der Waals surface area (Å²) in [6.07, 6.45) is -4.45. The van der Waals surface area contributed by atoms with Crippen molar-refractivity contribution in [2.75, 3.05) is 12.3 Å². The lowest BCUT2D eigenvalue weighted by molar-refractivity contribution is -0.0503. The molecule has 1 saturated heterocycles. The zero-order chi connectivity index (χ0) is 13.4. The number of aliphatic hydroxyl groups is 2. The Morgan fingerprint density at radius 3 is 2.78 bits per heavy atom. The molecule has 9 heteroatoms. The zero-order valence-electron chi connectivity index (χ0n) is 9.23. The van der Waals surface area contributed by atoms with E-state index < -0.39 is 37.1 Å². The molecular weight excluding hydrogens is 247 g/mol. The Morgan fingerprint density at radius 2 is 2.33 bits per heavy atom. The first-order valence-electron chi connectivity index (χ1n) is 5.18. The maximum Gasteiger partial charge on any atom is 0.271 e. The molecule has 8 nitrogen and oxygen atoms in total. The van der Waals surface area contributed by atoms with Crippen LogP contribution < -0.4 is 11.5 Å². The smallest absolute Gasteiger partial charge is 0.271 e. The molecule has 0 unspecified atom stereocenters. The van der Waals surface area contributed by atoms with Crippen LogP contribution in [0.3, 0.4) is 0 Å². The van der Waals surface area contributed by atoms with Gasteiger partial charge < -0.3 is 26.4 Å². The number of hydrogen-bond donors (Lipinski definition) is 4. The van der Waals surface area contributed by atoms with Crippen molar-refractivity contribution in [1.29, 1.82) is 0 Å². The second-order valence-electron chi connectivity index (χ2n) is 3.93. The summed E-state index contributed by atoms with van der Waals surface area (Å²) >= 11 is 0. The summed E-state index contributed by atoms with van der Waals surface area (Å²) in [4.78, 5) is 14.6. The van der Waals surface area contributed by atoms with Gasteiger partial charge in [-0.2, -0.15) is 0 Å². The highest BCUT2D eigenvalue weighted by Gasteiger charge is 2.45. The number of rotatable bonds is 3. The standard InChI is InChI=1S/C9H13FN4O4/c10-4-3(1-15)18-9(6(4)16)14-2-13-5(7(14)11)8(12)17/h2-4,6,9,15-16H,1,11H2,(H2,12,17)/t3-,4-,6-,9-/m1/s1. The predicted octanol–water partition coefficient (Wildman–Crippen LogP) is -1.85. The summed E-state index contributed by atoms with van der Waals surface area (Å²) in [6, 6.07) is 0. The zero-order valence-corrected chi connectivity index (χ0v) is 9.23. The number of carbonyl (C=O) groups excluding carboxylic acids is 1. The van der Waals surface area contributed by atoms with E-state index in [9.17, 15) is 14.3 Å². The summed E-state index contributed by atoms with van der Waals surface area (Å²) in [6.45, 7) is -0.577. The summed E-state index contributed by atoms with van der Waals surface area (Å²) in [5, 5.41) is 18.5. The van der Waals surface area contributed by atoms with Gasteiger partial charge in [0.05, 0.1) is 12.9 Å². The fraction of sp³-hybridized carbons (Fsp3) is 0.556. The van der Waals surface area contributed by atoms with Gasteiger partial charge in [-0.05, 0) is 0 Å². The van der Waals surface area contributed by atoms with Crippen molar-refractivity contribution in [3.8, 4) is 0 Å². The Balaban J connectivity index is 2.30. The van der Waals surface area contributed by atoms with E-state index >= 15 is 0 Å². The topological polar surface area (TPSA) is 137 Å². The highest BCUT2D eigenvalue weighted by molar-refractivity contribution is 5.95. The molecule has 0 bridgehead atoms. The van der Waals surface area contributed by atoms with Crippen LogP contribution in [0.1, 0.15) is 16.7 Å². The van der Waals surface area contributed by atoms with Gasteiger partial charge in [0.15, 0.2) is 18.1 Å². The molecule has 0 saturated carbocycles. The van der Waals surface area contributed by atoms with E-state index in [0.29, 0.717) is 0 Å². The maximum absolute atomic E-state index is 13.5. The average Bonchev–Trinajstić information content (AvgIpc) is 2.82. The Hall–Kier alpha value is -1.71. The third kappa shape index (κ3) is 1.82. The van der Waals surface area contributed by atoms with E-state index in [1.165, 1.54) is 0 Å². The fourth-order valence-corrected chi connectivity index (χ4v) is 1.85. The minimum Gasteiger partial charge on any atom is -0.394 e. The van der Waals surface area contributed by atoms with Gasteiger partial charge in [0.1, 0.15) is 18.0 Å². The Kier molecular flexibility index (Phi) is 3.20. The largest absolute Gasteiger partial charge is 0.394 e. The van der Waals surface area contributed by atoms with Crippen LogP contribution in [0.2, 0.25) is 0 Å². The van der Waals surface area contributed by atoms with Gasteiger partial charge in [0.25, 0.3) is 5.91 Å². The number of primary amides is 1. The molecule has 0 spiro atoms. The summed E-state index contributed by atoms with van der Waals surface area (Å²) in [7, 11) is 0. The monoisotopic (exact) mass is 260 g/mol. The van der Waals surface area contributed by atoms with Crippen molar-refractivity contribution in [1.82, 2.24) is 9.55 Å². The van der Waals surface area contributed by atoms with Gasteiger partial charge in [-0.3, -0.25) is 9.36 Å². The van der Waals surface area contributed by atoms with Crippen molar-refractivity contribution in [2.24, 2.45) is 5.73 Å². The van der Waals surface area contributed by atoms with Gasteiger partial charge in [-0.25, -0.2) is 9.37 Å². The lowest BCUT2D eigenvalue weighted by Gasteiger charge is -2.17. The molecule has 4 atom stereocenters. The minimum atomic E-state index is -1.75. The number of amides is 1. The molecule has 0 radical (unpaired) electrons. The Morgan fingerprint density at radius 1 is 1.67 bits per heavy atom. The van der Waals surface area contributed by atoms with Gasteiger partial charge in [-0.15, -0.1) is 0 Å². The van der Waals surface area contributed by atoms with Crippen LogP contribution >= 0.6 is 0 Å². The number of nitrogens with zero attached hydrogens (tertiary/aromatic N) is 2. The first-order valence-corrected chi connectivity index (χ1v) is 5.18. The van der Waals surface area contributed by atoms with E-state index in [1.54, 1.807) is 0 Å². The number of carbonyl (C=O) groups is 1. The molecule has 6 N–H and O–H groups in total. The third-order valence-electron chi connectivity index (χ3n) is 2.81. The van der Waals surface area contributed by atoms with E-state index in [4.69, 9.17) is 21.3 Å². The lowest BCUT2D eigenvalue weighted by atomic mass is 10.1. The van der Waals surface area contributed by atoms with E-state index in [0.717, 1.165) is 10.9 Å². The highest BCUT2D eigenvalue weighted by atomic mass is 19.1. The van der Waals surface area contributed by atoms with E-state index in [1.807, 2.05) is 0 Å². The number of halogens is 1. The molecule has 0 aliphatic carbocycles. The highest BCUT2D eigenvalue weighted by Crippen LogP contribution is 2.33. The molecule has 1 aromatic heterocycles. The minimum absolute atomic E-state index is 0.127. The molecule has 1 aromatic rings. The number of aliphatic hydroxyl groups excluding tert-OH is 2. The number of imidazole rings is 1. The second kappa shape index (κ2) is 4.52. The molecule has 2 heterocycles. The Labute approximate surface area is 101 Å². The van der Waals surface area contributed by atoms with Crippen LogP contribution in [-0.4, -0.2) is 50.7 Å². The van der Waals surface area contributed by atoms with Crippen LogP contribution in [-0.2, 0) is 4.74 Å². The van der Waals surface area contributed by atoms with Gasteiger partial charge >= 0.3 is 0 Å². The SMILES string of the molecule is NC(=O)c1ncn([C@@H]2O[C@H](CO)[C@@H](F)[C@H]2O)c1N. The van der Waals surface area contributed by atoms with Crippen molar-refractivity contribution >= 4 is 11.7 Å². The molecule has 1 amide bonds. The number of alkyl halides is 1. The van der Waals surface area contributed by atoms with Gasteiger partial charge in [0, 0.05) is 0 Å². The molecule has 1 fully saturated rings. The molecular formula is C9H13FN4O4. The molecule has 100 valence electrons. The van der Waals surface area contributed by atoms with E-state index in [2.05, 4.69) is 4.98 Å². The molecule has 18 heavy (non-hydrogen) atoms. The lowest BCUT2D eigenvalue weighted by Crippen LogP contribution is -2.29. The summed E-state index contributed by atoms with van der Waals surface area (Å²) < 4.78 is 19.7. The quantitative estimate of drug-likeness (QED) is 0.503. The fourth-order valence-electron chi connectivity index (χ4n) is 1.85. The van der Waals surface area contributed by atoms with Gasteiger partial charge in [-0.1, -0.05) is 0 Å². The van der Waals surface area contributed by atoms with Crippen LogP contribution in [0.5, 0.6) is 0 Å². The van der Waals surface area contributed by atoms with Crippen LogP contribution in [0.25, 0.3) is 0 Å². The second-order valence-corrected chi connectivity index (χ2v) is 3.93.